The van der Waals surface area contributed by atoms with Crippen molar-refractivity contribution in [2.24, 2.45) is 5.92 Å². The first-order valence-electron chi connectivity index (χ1n) is 7.01. The number of nitrogens with zero attached hydrogens (tertiary/aromatic N) is 1. The third-order valence-electron chi connectivity index (χ3n) is 4.33. The molecule has 1 heterocycles. The second-order valence-electron chi connectivity index (χ2n) is 6.07. The molecule has 100 valence electrons. The fourth-order valence-electron chi connectivity index (χ4n) is 2.92. The summed E-state index contributed by atoms with van der Waals surface area (Å²) in [6, 6.07) is 7.94. The Hall–Kier alpha value is -1.02. The van der Waals surface area contributed by atoms with Gasteiger partial charge in [-0.15, -0.1) is 0 Å². The van der Waals surface area contributed by atoms with E-state index in [1.807, 2.05) is 0 Å². The van der Waals surface area contributed by atoms with Crippen molar-refractivity contribution in [3.8, 4) is 0 Å². The van der Waals surface area contributed by atoms with Crippen LogP contribution in [0.25, 0.3) is 0 Å². The fraction of sp³-hybridized carbons (Fsp3) is 0.625. The molecular weight excluding hydrogens is 220 g/mol. The summed E-state index contributed by atoms with van der Waals surface area (Å²) >= 11 is 0. The Morgan fingerprint density at radius 2 is 1.94 bits per heavy atom. The van der Waals surface area contributed by atoms with Crippen LogP contribution < -0.4 is 5.32 Å². The average molecular weight is 246 g/mol. The van der Waals surface area contributed by atoms with E-state index in [4.69, 9.17) is 0 Å². The zero-order chi connectivity index (χ0) is 13.3. The van der Waals surface area contributed by atoms with Gasteiger partial charge in [0.05, 0.1) is 0 Å². The van der Waals surface area contributed by atoms with Crippen molar-refractivity contribution < 1.29 is 0 Å². The summed E-state index contributed by atoms with van der Waals surface area (Å²) in [5.41, 5.74) is 3.99. The van der Waals surface area contributed by atoms with Crippen molar-refractivity contribution in [3.63, 3.8) is 0 Å². The van der Waals surface area contributed by atoms with Crippen molar-refractivity contribution in [1.29, 1.82) is 0 Å². The summed E-state index contributed by atoms with van der Waals surface area (Å²) in [5.74, 6) is 0.701. The van der Waals surface area contributed by atoms with Gasteiger partial charge in [-0.25, -0.2) is 0 Å². The molecule has 1 aliphatic heterocycles. The van der Waals surface area contributed by atoms with E-state index in [1.165, 1.54) is 29.8 Å². The predicted molar refractivity (Wildman–Crippen MR) is 79.2 cm³/mol. The monoisotopic (exact) mass is 246 g/mol. The number of nitrogens with one attached hydrogen (secondary N) is 1. The van der Waals surface area contributed by atoms with Crippen LogP contribution in [0.15, 0.2) is 18.2 Å². The molecule has 0 spiro atoms. The van der Waals surface area contributed by atoms with Crippen LogP contribution in [0.2, 0.25) is 0 Å². The Bertz CT molecular complexity index is 414. The van der Waals surface area contributed by atoms with Crippen LogP contribution >= 0.6 is 0 Å². The van der Waals surface area contributed by atoms with Crippen molar-refractivity contribution in [2.45, 2.75) is 46.2 Å². The van der Waals surface area contributed by atoms with Gasteiger partial charge in [-0.05, 0) is 51.8 Å². The second-order valence-corrected chi connectivity index (χ2v) is 6.07. The maximum atomic E-state index is 3.75. The average Bonchev–Trinajstić information content (AvgIpc) is 2.29. The Morgan fingerprint density at radius 1 is 1.22 bits per heavy atom. The summed E-state index contributed by atoms with van der Waals surface area (Å²) in [6.07, 6.45) is 1.23. The van der Waals surface area contributed by atoms with Crippen LogP contribution in [0.3, 0.4) is 0 Å². The highest BCUT2D eigenvalue weighted by molar-refractivity contribution is 5.52. The van der Waals surface area contributed by atoms with Gasteiger partial charge in [-0.3, -0.25) is 0 Å². The molecule has 1 aliphatic rings. The van der Waals surface area contributed by atoms with E-state index < -0.39 is 0 Å². The van der Waals surface area contributed by atoms with E-state index in [1.54, 1.807) is 0 Å². The molecule has 0 radical (unpaired) electrons. The number of rotatable bonds is 2. The van der Waals surface area contributed by atoms with Crippen LogP contribution in [-0.2, 0) is 0 Å². The van der Waals surface area contributed by atoms with Crippen molar-refractivity contribution in [3.05, 3.63) is 29.3 Å². The molecule has 18 heavy (non-hydrogen) atoms. The third kappa shape index (κ3) is 2.86. The molecule has 2 heteroatoms. The van der Waals surface area contributed by atoms with Gasteiger partial charge in [0, 0.05) is 24.3 Å². The Balaban J connectivity index is 2.08. The molecule has 0 amide bonds. The zero-order valence-electron chi connectivity index (χ0n) is 12.3. The van der Waals surface area contributed by atoms with Gasteiger partial charge in [0.2, 0.25) is 0 Å². The van der Waals surface area contributed by atoms with E-state index in [9.17, 15) is 0 Å². The fourth-order valence-corrected chi connectivity index (χ4v) is 2.92. The molecule has 1 N–H and O–H groups in total. The van der Waals surface area contributed by atoms with Gasteiger partial charge in [-0.2, -0.15) is 0 Å². The summed E-state index contributed by atoms with van der Waals surface area (Å²) in [4.78, 5) is 2.46. The van der Waals surface area contributed by atoms with Crippen molar-refractivity contribution in [1.82, 2.24) is 4.90 Å². The van der Waals surface area contributed by atoms with Crippen LogP contribution in [0.4, 0.5) is 5.69 Å². The van der Waals surface area contributed by atoms with E-state index in [-0.39, 0.29) is 0 Å². The largest absolute Gasteiger partial charge is 0.382 e. The molecule has 2 rings (SSSR count). The molecular formula is C16H26N2. The standard InChI is InChI=1S/C16H26N2/c1-11-6-7-15(12(2)8-11)17-16-9-14(4)18(5)10-13(16)3/h6-8,13-14,16-17H,9-10H2,1-5H3. The number of hydrogen-bond donors (Lipinski definition) is 1. The highest BCUT2D eigenvalue weighted by atomic mass is 15.2. The van der Waals surface area contributed by atoms with E-state index in [0.29, 0.717) is 18.0 Å². The van der Waals surface area contributed by atoms with Gasteiger partial charge >= 0.3 is 0 Å². The first kappa shape index (κ1) is 13.4. The molecule has 0 aliphatic carbocycles. The van der Waals surface area contributed by atoms with E-state index in [2.05, 4.69) is 63.2 Å². The molecule has 1 aromatic carbocycles. The van der Waals surface area contributed by atoms with Crippen molar-refractivity contribution >= 4 is 5.69 Å². The predicted octanol–water partition coefficient (Wildman–Crippen LogP) is 3.44. The number of benzene rings is 1. The van der Waals surface area contributed by atoms with Gasteiger partial charge in [-0.1, -0.05) is 24.6 Å². The molecule has 3 unspecified atom stereocenters. The topological polar surface area (TPSA) is 15.3 Å². The molecule has 1 aromatic rings. The minimum Gasteiger partial charge on any atom is -0.382 e. The summed E-state index contributed by atoms with van der Waals surface area (Å²) in [5, 5.41) is 3.75. The van der Waals surface area contributed by atoms with Crippen molar-refractivity contribution in [2.75, 3.05) is 18.9 Å². The van der Waals surface area contributed by atoms with Crippen LogP contribution in [0.1, 0.15) is 31.4 Å². The summed E-state index contributed by atoms with van der Waals surface area (Å²) in [7, 11) is 2.23. The highest BCUT2D eigenvalue weighted by Crippen LogP contribution is 2.26. The summed E-state index contributed by atoms with van der Waals surface area (Å²) in [6.45, 7) is 10.2. The SMILES string of the molecule is Cc1ccc(NC2CC(C)N(C)CC2C)c(C)c1. The number of likely N-dealkylation sites (tertiary alicyclic amines) is 1. The van der Waals surface area contributed by atoms with E-state index in [0.717, 1.165) is 0 Å². The number of anilines is 1. The Morgan fingerprint density at radius 3 is 2.61 bits per heavy atom. The smallest absolute Gasteiger partial charge is 0.0372 e. The molecule has 2 nitrogen and oxygen atoms in total. The second kappa shape index (κ2) is 5.31. The quantitative estimate of drug-likeness (QED) is 0.860. The molecule has 1 fully saturated rings. The van der Waals surface area contributed by atoms with Gasteiger partial charge < -0.3 is 10.2 Å². The maximum absolute atomic E-state index is 3.75. The van der Waals surface area contributed by atoms with Crippen LogP contribution in [-0.4, -0.2) is 30.6 Å². The lowest BCUT2D eigenvalue weighted by Crippen LogP contribution is -2.48. The molecule has 3 atom stereocenters. The lowest BCUT2D eigenvalue weighted by molar-refractivity contribution is 0.145. The highest BCUT2D eigenvalue weighted by Gasteiger charge is 2.28. The Kier molecular flexibility index (Phi) is 3.96. The number of hydrogen-bond acceptors (Lipinski definition) is 2. The first-order valence-corrected chi connectivity index (χ1v) is 7.01. The summed E-state index contributed by atoms with van der Waals surface area (Å²) < 4.78 is 0. The van der Waals surface area contributed by atoms with Gasteiger partial charge in [0.1, 0.15) is 0 Å². The van der Waals surface area contributed by atoms with Crippen LogP contribution in [0, 0.1) is 19.8 Å². The molecule has 1 saturated heterocycles. The maximum Gasteiger partial charge on any atom is 0.0372 e. The minimum atomic E-state index is 0.595. The van der Waals surface area contributed by atoms with E-state index >= 15 is 0 Å². The lowest BCUT2D eigenvalue weighted by Gasteiger charge is -2.40. The van der Waals surface area contributed by atoms with Gasteiger partial charge in [0.25, 0.3) is 0 Å². The molecule has 0 bridgehead atoms. The third-order valence-corrected chi connectivity index (χ3v) is 4.33. The van der Waals surface area contributed by atoms with Gasteiger partial charge in [0.15, 0.2) is 0 Å². The molecule has 0 aromatic heterocycles. The normalized spacial score (nSPS) is 29.3. The number of aryl methyl sites for hydroxylation is 2. The minimum absolute atomic E-state index is 0.595. The van der Waals surface area contributed by atoms with Crippen LogP contribution in [0.5, 0.6) is 0 Å². The first-order chi connectivity index (χ1) is 8.47. The lowest BCUT2D eigenvalue weighted by atomic mass is 9.89. The number of piperidine rings is 1. The molecule has 0 saturated carbocycles. The zero-order valence-corrected chi connectivity index (χ0v) is 12.3. The Labute approximate surface area is 111 Å².